The van der Waals surface area contributed by atoms with E-state index >= 15 is 0 Å². The number of amides is 1. The lowest BCUT2D eigenvalue weighted by molar-refractivity contribution is -0.132. The average Bonchev–Trinajstić information content (AvgIpc) is 3.52. The summed E-state index contributed by atoms with van der Waals surface area (Å²) in [4.78, 5) is 35.7. The number of carbonyl (C=O) groups is 1. The van der Waals surface area contributed by atoms with Crippen molar-refractivity contribution in [3.8, 4) is 28.5 Å². The lowest BCUT2D eigenvalue weighted by Crippen LogP contribution is -2.48. The van der Waals surface area contributed by atoms with Gasteiger partial charge in [-0.05, 0) is 68.5 Å². The van der Waals surface area contributed by atoms with Crippen LogP contribution < -0.4 is 15.1 Å². The SMILES string of the molecule is CCc1nc2ccc(-c3cnc(N4CCC(NC(=O)C5(O)CC5)CC4)nc3)cn2c1N(C)c1nc(-c2ccc(F)cc2)c(C#N)s1. The molecular weight excluding hydrogens is 605 g/mol. The number of nitrogens with zero attached hydrogens (tertiary/aromatic N) is 8. The van der Waals surface area contributed by atoms with Crippen LogP contribution in [0.2, 0.25) is 0 Å². The second kappa shape index (κ2) is 11.8. The summed E-state index contributed by atoms with van der Waals surface area (Å²) in [7, 11) is 1.91. The molecule has 0 unspecified atom stereocenters. The Kier molecular flexibility index (Phi) is 7.62. The molecule has 2 fully saturated rings. The summed E-state index contributed by atoms with van der Waals surface area (Å²) >= 11 is 1.28. The number of thiazole rings is 1. The highest BCUT2D eigenvalue weighted by Gasteiger charge is 2.48. The second-order valence-electron chi connectivity index (χ2n) is 11.8. The zero-order valence-electron chi connectivity index (χ0n) is 25.4. The topological polar surface area (TPSA) is 136 Å². The standard InChI is InChI=1S/C33H32FN9O2S/c1-3-25-29(41(2)32-40-28(26(16-35)46-32)20-4-7-23(34)8-5-20)43-19-21(6-9-27(43)39-25)22-17-36-31(37-18-22)42-14-10-24(11-15-42)38-30(44)33(45)12-13-33/h4-9,17-19,24,45H,3,10-15H2,1-2H3,(H,38,44). The van der Waals surface area contributed by atoms with Gasteiger partial charge in [0.25, 0.3) is 5.91 Å². The summed E-state index contributed by atoms with van der Waals surface area (Å²) in [6, 6.07) is 12.2. The van der Waals surface area contributed by atoms with Gasteiger partial charge < -0.3 is 20.2 Å². The summed E-state index contributed by atoms with van der Waals surface area (Å²) in [6.07, 6.45) is 8.94. The van der Waals surface area contributed by atoms with Gasteiger partial charge >= 0.3 is 0 Å². The molecule has 4 aromatic heterocycles. The molecule has 234 valence electrons. The number of nitrogens with one attached hydrogen (secondary N) is 1. The number of rotatable bonds is 8. The number of nitriles is 1. The molecule has 1 aliphatic carbocycles. The lowest BCUT2D eigenvalue weighted by atomic mass is 10.0. The van der Waals surface area contributed by atoms with Crippen molar-refractivity contribution in [2.45, 2.75) is 50.7 Å². The van der Waals surface area contributed by atoms with E-state index in [2.05, 4.69) is 26.3 Å². The van der Waals surface area contributed by atoms with Crippen LogP contribution >= 0.6 is 11.3 Å². The fraction of sp³-hybridized carbons (Fsp3) is 0.333. The largest absolute Gasteiger partial charge is 0.380 e. The molecule has 2 aliphatic rings. The summed E-state index contributed by atoms with van der Waals surface area (Å²) in [5, 5.41) is 23.5. The molecule has 7 rings (SSSR count). The van der Waals surface area contributed by atoms with E-state index in [0.29, 0.717) is 59.6 Å². The minimum absolute atomic E-state index is 0.0419. The Balaban J connectivity index is 1.12. The number of fused-ring (bicyclic) bond motifs is 1. The Morgan fingerprint density at radius 2 is 1.80 bits per heavy atom. The maximum atomic E-state index is 13.5. The molecule has 46 heavy (non-hydrogen) atoms. The molecule has 0 spiro atoms. The van der Waals surface area contributed by atoms with Crippen molar-refractivity contribution in [3.05, 3.63) is 71.4 Å². The number of imidazole rings is 1. The van der Waals surface area contributed by atoms with Gasteiger partial charge in [-0.1, -0.05) is 18.3 Å². The Hall–Kier alpha value is -4.93. The smallest absolute Gasteiger partial charge is 0.252 e. The van der Waals surface area contributed by atoms with E-state index in [-0.39, 0.29) is 17.8 Å². The van der Waals surface area contributed by atoms with Crippen molar-refractivity contribution < 1.29 is 14.3 Å². The number of aromatic nitrogens is 5. The van der Waals surface area contributed by atoms with Crippen LogP contribution in [0.25, 0.3) is 28.0 Å². The minimum Gasteiger partial charge on any atom is -0.380 e. The van der Waals surface area contributed by atoms with Crippen LogP contribution in [0.15, 0.2) is 55.0 Å². The van der Waals surface area contributed by atoms with Crippen molar-refractivity contribution in [2.75, 3.05) is 29.9 Å². The van der Waals surface area contributed by atoms with Crippen LogP contribution in [0.1, 0.15) is 43.2 Å². The van der Waals surface area contributed by atoms with E-state index in [1.54, 1.807) is 12.1 Å². The Morgan fingerprint density at radius 3 is 2.46 bits per heavy atom. The molecule has 0 bridgehead atoms. The van der Waals surface area contributed by atoms with Crippen molar-refractivity contribution in [1.29, 1.82) is 5.26 Å². The monoisotopic (exact) mass is 637 g/mol. The first kappa shape index (κ1) is 29.8. The predicted molar refractivity (Wildman–Crippen MR) is 173 cm³/mol. The van der Waals surface area contributed by atoms with E-state index in [1.165, 1.54) is 23.5 Å². The third-order valence-electron chi connectivity index (χ3n) is 8.67. The fourth-order valence-electron chi connectivity index (χ4n) is 5.79. The molecule has 1 aromatic carbocycles. The Morgan fingerprint density at radius 1 is 1.11 bits per heavy atom. The van der Waals surface area contributed by atoms with E-state index in [1.807, 2.05) is 54.0 Å². The van der Waals surface area contributed by atoms with Gasteiger partial charge in [0, 0.05) is 61.5 Å². The van der Waals surface area contributed by atoms with Gasteiger partial charge in [0.2, 0.25) is 5.95 Å². The maximum Gasteiger partial charge on any atom is 0.252 e. The van der Waals surface area contributed by atoms with E-state index < -0.39 is 5.60 Å². The van der Waals surface area contributed by atoms with Crippen molar-refractivity contribution in [3.63, 3.8) is 0 Å². The molecule has 2 N–H and O–H groups in total. The molecule has 13 heteroatoms. The molecule has 0 atom stereocenters. The number of piperidine rings is 1. The molecule has 1 saturated heterocycles. The molecule has 5 aromatic rings. The van der Waals surface area contributed by atoms with Gasteiger partial charge in [0.15, 0.2) is 5.13 Å². The quantitative estimate of drug-likeness (QED) is 0.244. The highest BCUT2D eigenvalue weighted by Crippen LogP contribution is 2.38. The molecule has 5 heterocycles. The number of hydrogen-bond acceptors (Lipinski definition) is 10. The molecule has 11 nitrogen and oxygen atoms in total. The summed E-state index contributed by atoms with van der Waals surface area (Å²) in [6.45, 7) is 3.48. The average molecular weight is 638 g/mol. The fourth-order valence-corrected chi connectivity index (χ4v) is 6.64. The van der Waals surface area contributed by atoms with E-state index in [4.69, 9.17) is 9.97 Å². The normalized spacial score (nSPS) is 15.9. The maximum absolute atomic E-state index is 13.5. The number of aliphatic hydroxyl groups is 1. The first-order valence-corrected chi connectivity index (χ1v) is 16.1. The van der Waals surface area contributed by atoms with Crippen LogP contribution in [0.4, 0.5) is 21.3 Å². The van der Waals surface area contributed by atoms with E-state index in [9.17, 15) is 19.6 Å². The highest BCUT2D eigenvalue weighted by molar-refractivity contribution is 7.16. The first-order chi connectivity index (χ1) is 22.3. The Bertz CT molecular complexity index is 1950. The zero-order valence-corrected chi connectivity index (χ0v) is 26.3. The van der Waals surface area contributed by atoms with Crippen molar-refractivity contribution in [1.82, 2.24) is 29.7 Å². The highest BCUT2D eigenvalue weighted by atomic mass is 32.1. The third kappa shape index (κ3) is 5.54. The number of carbonyl (C=O) groups excluding carboxylic acids is 1. The number of hydrogen-bond donors (Lipinski definition) is 2. The molecule has 1 aliphatic heterocycles. The second-order valence-corrected chi connectivity index (χ2v) is 12.7. The molecule has 1 saturated carbocycles. The number of aryl methyl sites for hydroxylation is 1. The predicted octanol–water partition coefficient (Wildman–Crippen LogP) is 4.87. The van der Waals surface area contributed by atoms with Crippen LogP contribution in [-0.2, 0) is 11.2 Å². The number of anilines is 3. The minimum atomic E-state index is -1.15. The van der Waals surface area contributed by atoms with Crippen molar-refractivity contribution in [2.24, 2.45) is 0 Å². The van der Waals surface area contributed by atoms with E-state index in [0.717, 1.165) is 41.1 Å². The Labute approximate surface area is 269 Å². The zero-order chi connectivity index (χ0) is 32.0. The van der Waals surface area contributed by atoms with Gasteiger partial charge in [0.05, 0.1) is 5.69 Å². The van der Waals surface area contributed by atoms with Crippen LogP contribution in [0, 0.1) is 17.1 Å². The molecular formula is C33H32FN9O2S. The first-order valence-electron chi connectivity index (χ1n) is 15.3. The van der Waals surface area contributed by atoms with Gasteiger partial charge in [-0.3, -0.25) is 9.20 Å². The van der Waals surface area contributed by atoms with Crippen LogP contribution in [-0.4, -0.2) is 67.1 Å². The molecule has 0 radical (unpaired) electrons. The van der Waals surface area contributed by atoms with Gasteiger partial charge in [0.1, 0.15) is 39.5 Å². The number of halogens is 1. The number of benzene rings is 1. The van der Waals surface area contributed by atoms with Crippen molar-refractivity contribution >= 4 is 39.8 Å². The molecule has 1 amide bonds. The summed E-state index contributed by atoms with van der Waals surface area (Å²) in [5.41, 5.74) is 3.47. The third-order valence-corrected chi connectivity index (χ3v) is 9.70. The summed E-state index contributed by atoms with van der Waals surface area (Å²) < 4.78 is 15.6. The number of pyridine rings is 1. The van der Waals surface area contributed by atoms with Crippen LogP contribution in [0.3, 0.4) is 0 Å². The lowest BCUT2D eigenvalue weighted by Gasteiger charge is -2.32. The van der Waals surface area contributed by atoms with Gasteiger partial charge in [-0.2, -0.15) is 5.26 Å². The van der Waals surface area contributed by atoms with Crippen LogP contribution in [0.5, 0.6) is 0 Å². The summed E-state index contributed by atoms with van der Waals surface area (Å²) in [5.74, 6) is 0.877. The van der Waals surface area contributed by atoms with Gasteiger partial charge in [-0.25, -0.2) is 24.3 Å². The van der Waals surface area contributed by atoms with Gasteiger partial charge in [-0.15, -0.1) is 0 Å².